The minimum atomic E-state index is 0.613. The Labute approximate surface area is 91.2 Å². The number of furan rings is 1. The zero-order valence-corrected chi connectivity index (χ0v) is 8.27. The molecule has 4 heteroatoms. The minimum Gasteiger partial charge on any atom is -0.461 e. The predicted molar refractivity (Wildman–Crippen MR) is 58.5 cm³/mol. The molecule has 2 aromatic heterocycles. The van der Waals surface area contributed by atoms with E-state index < -0.39 is 0 Å². The molecule has 2 heterocycles. The number of nitrogens with one attached hydrogen (secondary N) is 1. The van der Waals surface area contributed by atoms with E-state index >= 15 is 0 Å². The molecule has 4 nitrogen and oxygen atoms in total. The Balaban J connectivity index is 2.20. The highest BCUT2D eigenvalue weighted by Gasteiger charge is 2.07. The highest BCUT2D eigenvalue weighted by atomic mass is 16.3. The Hall–Kier alpha value is -2.54. The topological polar surface area (TPSA) is 65.6 Å². The summed E-state index contributed by atoms with van der Waals surface area (Å²) in [4.78, 5) is 7.49. The smallest absolute Gasteiger partial charge is 0.174 e. The highest BCUT2D eigenvalue weighted by molar-refractivity contribution is 5.79. The van der Waals surface area contributed by atoms with Gasteiger partial charge in [-0.05, 0) is 30.3 Å². The fraction of sp³-hybridized carbons (Fsp3) is 0. The molecule has 76 valence electrons. The van der Waals surface area contributed by atoms with Crippen LogP contribution in [0.3, 0.4) is 0 Å². The Morgan fingerprint density at radius 1 is 1.31 bits per heavy atom. The SMILES string of the molecule is N#Cc1ccc2nc(-c3ccco3)[nH]c2c1. The molecule has 0 saturated carbocycles. The van der Waals surface area contributed by atoms with Gasteiger partial charge < -0.3 is 9.40 Å². The molecule has 0 saturated heterocycles. The van der Waals surface area contributed by atoms with Gasteiger partial charge >= 0.3 is 0 Å². The largest absolute Gasteiger partial charge is 0.461 e. The molecule has 1 N–H and O–H groups in total. The fourth-order valence-corrected chi connectivity index (χ4v) is 1.61. The summed E-state index contributed by atoms with van der Waals surface area (Å²) >= 11 is 0. The number of hydrogen-bond donors (Lipinski definition) is 1. The molecule has 0 amide bonds. The Kier molecular flexibility index (Phi) is 1.77. The number of fused-ring (bicyclic) bond motifs is 1. The molecule has 3 aromatic rings. The van der Waals surface area contributed by atoms with Gasteiger partial charge in [0.15, 0.2) is 11.6 Å². The van der Waals surface area contributed by atoms with Gasteiger partial charge in [-0.1, -0.05) is 0 Å². The quantitative estimate of drug-likeness (QED) is 0.670. The summed E-state index contributed by atoms with van der Waals surface area (Å²) in [6.07, 6.45) is 1.60. The maximum Gasteiger partial charge on any atom is 0.174 e. The Morgan fingerprint density at radius 2 is 2.25 bits per heavy atom. The lowest BCUT2D eigenvalue weighted by molar-refractivity contribution is 0.578. The van der Waals surface area contributed by atoms with Crippen molar-refractivity contribution in [3.63, 3.8) is 0 Å². The molecule has 0 unspecified atom stereocenters. The number of aromatic nitrogens is 2. The molecule has 0 spiro atoms. The van der Waals surface area contributed by atoms with Crippen LogP contribution in [0, 0.1) is 11.3 Å². The third-order valence-corrected chi connectivity index (χ3v) is 2.37. The molecule has 0 bridgehead atoms. The van der Waals surface area contributed by atoms with Crippen LogP contribution in [0.4, 0.5) is 0 Å². The zero-order valence-electron chi connectivity index (χ0n) is 8.27. The lowest BCUT2D eigenvalue weighted by Crippen LogP contribution is -1.74. The molecule has 0 aliphatic heterocycles. The van der Waals surface area contributed by atoms with Gasteiger partial charge in [-0.15, -0.1) is 0 Å². The van der Waals surface area contributed by atoms with Gasteiger partial charge in [0.2, 0.25) is 0 Å². The minimum absolute atomic E-state index is 0.613. The number of nitriles is 1. The van der Waals surface area contributed by atoms with Crippen LogP contribution in [-0.4, -0.2) is 9.97 Å². The van der Waals surface area contributed by atoms with Crippen molar-refractivity contribution >= 4 is 11.0 Å². The number of rotatable bonds is 1. The maximum atomic E-state index is 8.79. The van der Waals surface area contributed by atoms with Gasteiger partial charge in [0.1, 0.15) is 0 Å². The van der Waals surface area contributed by atoms with E-state index in [4.69, 9.17) is 9.68 Å². The maximum absolute atomic E-state index is 8.79. The van der Waals surface area contributed by atoms with Crippen molar-refractivity contribution < 1.29 is 4.42 Å². The van der Waals surface area contributed by atoms with Crippen LogP contribution in [0.25, 0.3) is 22.6 Å². The molecule has 1 aromatic carbocycles. The van der Waals surface area contributed by atoms with Crippen LogP contribution in [0.2, 0.25) is 0 Å². The van der Waals surface area contributed by atoms with Crippen LogP contribution < -0.4 is 0 Å². The number of hydrogen-bond acceptors (Lipinski definition) is 3. The van der Waals surface area contributed by atoms with E-state index in [0.717, 1.165) is 11.0 Å². The van der Waals surface area contributed by atoms with Crippen LogP contribution >= 0.6 is 0 Å². The molecule has 3 rings (SSSR count). The third-order valence-electron chi connectivity index (χ3n) is 2.37. The number of imidazole rings is 1. The zero-order chi connectivity index (χ0) is 11.0. The van der Waals surface area contributed by atoms with Gasteiger partial charge in [0.25, 0.3) is 0 Å². The van der Waals surface area contributed by atoms with Gasteiger partial charge in [-0.25, -0.2) is 4.98 Å². The van der Waals surface area contributed by atoms with Crippen molar-refractivity contribution in [3.8, 4) is 17.7 Å². The summed E-state index contributed by atoms with van der Waals surface area (Å²) in [5.74, 6) is 1.37. The number of benzene rings is 1. The Bertz CT molecular complexity index is 674. The van der Waals surface area contributed by atoms with E-state index in [1.54, 1.807) is 18.4 Å². The predicted octanol–water partition coefficient (Wildman–Crippen LogP) is 2.69. The molecule has 16 heavy (non-hydrogen) atoms. The van der Waals surface area contributed by atoms with Crippen LogP contribution in [-0.2, 0) is 0 Å². The van der Waals surface area contributed by atoms with Crippen molar-refractivity contribution in [1.29, 1.82) is 5.26 Å². The Morgan fingerprint density at radius 3 is 3.00 bits per heavy atom. The average Bonchev–Trinajstić information content (AvgIpc) is 2.96. The van der Waals surface area contributed by atoms with Crippen LogP contribution in [0.5, 0.6) is 0 Å². The van der Waals surface area contributed by atoms with Crippen LogP contribution in [0.15, 0.2) is 41.0 Å². The van der Waals surface area contributed by atoms with E-state index in [1.165, 1.54) is 0 Å². The first-order valence-corrected chi connectivity index (χ1v) is 4.80. The van der Waals surface area contributed by atoms with Crippen molar-refractivity contribution in [2.24, 2.45) is 0 Å². The van der Waals surface area contributed by atoms with Gasteiger partial charge in [-0.2, -0.15) is 5.26 Å². The number of H-pyrrole nitrogens is 1. The number of aromatic amines is 1. The summed E-state index contributed by atoms with van der Waals surface area (Å²) in [6.45, 7) is 0. The molecule has 0 fully saturated rings. The second-order valence-electron chi connectivity index (χ2n) is 3.41. The molecule has 0 atom stereocenters. The summed E-state index contributed by atoms with van der Waals surface area (Å²) < 4.78 is 5.25. The summed E-state index contributed by atoms with van der Waals surface area (Å²) in [5.41, 5.74) is 2.28. The highest BCUT2D eigenvalue weighted by Crippen LogP contribution is 2.21. The van der Waals surface area contributed by atoms with Crippen molar-refractivity contribution in [2.45, 2.75) is 0 Å². The molecule has 0 aliphatic carbocycles. The van der Waals surface area contributed by atoms with Gasteiger partial charge in [0.05, 0.1) is 28.9 Å². The normalized spacial score (nSPS) is 10.4. The third kappa shape index (κ3) is 1.27. The lowest BCUT2D eigenvalue weighted by atomic mass is 10.2. The van der Waals surface area contributed by atoms with Crippen molar-refractivity contribution in [2.75, 3.05) is 0 Å². The van der Waals surface area contributed by atoms with Crippen LogP contribution in [0.1, 0.15) is 5.56 Å². The summed E-state index contributed by atoms with van der Waals surface area (Å²) in [5, 5.41) is 8.79. The standard InChI is InChI=1S/C12H7N3O/c13-7-8-3-4-9-10(6-8)15-12(14-9)11-2-1-5-16-11/h1-6H,(H,14,15). The van der Waals surface area contributed by atoms with Crippen molar-refractivity contribution in [1.82, 2.24) is 9.97 Å². The molecular weight excluding hydrogens is 202 g/mol. The summed E-state index contributed by atoms with van der Waals surface area (Å²) in [6, 6.07) is 11.1. The van der Waals surface area contributed by atoms with Crippen molar-refractivity contribution in [3.05, 3.63) is 42.2 Å². The summed E-state index contributed by atoms with van der Waals surface area (Å²) in [7, 11) is 0. The molecule has 0 radical (unpaired) electrons. The molecule has 0 aliphatic rings. The van der Waals surface area contributed by atoms with E-state index in [-0.39, 0.29) is 0 Å². The first-order valence-electron chi connectivity index (χ1n) is 4.80. The molecular formula is C12H7N3O. The second-order valence-corrected chi connectivity index (χ2v) is 3.41. The monoisotopic (exact) mass is 209 g/mol. The van der Waals surface area contributed by atoms with E-state index in [1.807, 2.05) is 18.2 Å². The second kappa shape index (κ2) is 3.24. The fourth-order valence-electron chi connectivity index (χ4n) is 1.61. The van der Waals surface area contributed by atoms with E-state index in [2.05, 4.69) is 16.0 Å². The lowest BCUT2D eigenvalue weighted by Gasteiger charge is -1.87. The van der Waals surface area contributed by atoms with Gasteiger partial charge in [0, 0.05) is 0 Å². The van der Waals surface area contributed by atoms with Gasteiger partial charge in [-0.3, -0.25) is 0 Å². The number of nitrogens with zero attached hydrogens (tertiary/aromatic N) is 2. The van der Waals surface area contributed by atoms with E-state index in [9.17, 15) is 0 Å². The average molecular weight is 209 g/mol. The first-order chi connectivity index (χ1) is 7.86. The van der Waals surface area contributed by atoms with E-state index in [0.29, 0.717) is 17.1 Å². The first kappa shape index (κ1) is 8.74.